The summed E-state index contributed by atoms with van der Waals surface area (Å²) >= 11 is 0. The third-order valence-corrected chi connectivity index (χ3v) is 4.54. The van der Waals surface area contributed by atoms with Crippen LogP contribution in [-0.4, -0.2) is 26.2 Å². The van der Waals surface area contributed by atoms with E-state index in [0.29, 0.717) is 0 Å². The Labute approximate surface area is 140 Å². The monoisotopic (exact) mass is 316 g/mol. The average molecular weight is 317 g/mol. The molecular formula is C19H18NSi2. The van der Waals surface area contributed by atoms with Crippen molar-refractivity contribution in [3.05, 3.63) is 77.1 Å². The molecule has 0 spiro atoms. The fraction of sp³-hybridized carbons (Fsp3) is 0.158. The van der Waals surface area contributed by atoms with Gasteiger partial charge in [0.1, 0.15) is 0 Å². The van der Waals surface area contributed by atoms with Gasteiger partial charge in [-0.2, -0.15) is 0 Å². The van der Waals surface area contributed by atoms with E-state index in [4.69, 9.17) is 0 Å². The normalized spacial score (nSPS) is 10.9. The first-order chi connectivity index (χ1) is 10.2. The van der Waals surface area contributed by atoms with Crippen LogP contribution in [0.2, 0.25) is 0 Å². The number of aromatic nitrogens is 1. The largest absolute Gasteiger partial charge is 0.365 e. The summed E-state index contributed by atoms with van der Waals surface area (Å²) in [5, 5.41) is 1.22. The molecule has 1 aliphatic rings. The van der Waals surface area contributed by atoms with Gasteiger partial charge in [-0.05, 0) is 54.2 Å². The summed E-state index contributed by atoms with van der Waals surface area (Å²) in [5.74, 6) is 0. The third-order valence-electron chi connectivity index (χ3n) is 4.08. The summed E-state index contributed by atoms with van der Waals surface area (Å²) in [6, 6.07) is 17.1. The number of hydrogen-bond acceptors (Lipinski definition) is 0. The van der Waals surface area contributed by atoms with E-state index in [1.807, 2.05) is 6.20 Å². The Kier molecular flexibility index (Phi) is 5.21. The van der Waals surface area contributed by atoms with E-state index in [2.05, 4.69) is 77.6 Å². The highest BCUT2D eigenvalue weighted by Crippen LogP contribution is 2.34. The molecule has 22 heavy (non-hydrogen) atoms. The Morgan fingerprint density at radius 2 is 1.64 bits per heavy atom. The molecule has 3 aromatic rings. The Morgan fingerprint density at radius 1 is 0.909 bits per heavy atom. The van der Waals surface area contributed by atoms with E-state index in [0.717, 1.165) is 6.42 Å². The van der Waals surface area contributed by atoms with Gasteiger partial charge in [-0.1, -0.05) is 47.7 Å². The van der Waals surface area contributed by atoms with Crippen LogP contribution in [0.25, 0.3) is 11.1 Å². The molecule has 1 aromatic heterocycles. The Hall–Kier alpha value is -1.85. The van der Waals surface area contributed by atoms with Gasteiger partial charge in [0.25, 0.3) is 0 Å². The van der Waals surface area contributed by atoms with Crippen molar-refractivity contribution in [1.82, 2.24) is 4.98 Å². The number of rotatable bonds is 0. The lowest BCUT2D eigenvalue weighted by molar-refractivity contribution is 1.23. The van der Waals surface area contributed by atoms with Crippen LogP contribution in [0.1, 0.15) is 22.4 Å². The standard InChI is InChI=1S/C13H9Si.C6H9N.Si/c14-13-7-3-6-11-10-5-2-1-4-9(10)8-12(11)13;1-5-3-4-7-6(5)2;/h1-7H,8H2;3-4,7H,1-2H3;. The molecule has 1 aliphatic carbocycles. The maximum absolute atomic E-state index is 3.66. The van der Waals surface area contributed by atoms with Crippen molar-refractivity contribution in [2.75, 3.05) is 0 Å². The zero-order valence-electron chi connectivity index (χ0n) is 12.9. The van der Waals surface area contributed by atoms with E-state index in [1.54, 1.807) is 0 Å². The molecule has 0 unspecified atom stereocenters. The van der Waals surface area contributed by atoms with Crippen molar-refractivity contribution in [3.8, 4) is 11.1 Å². The van der Waals surface area contributed by atoms with Gasteiger partial charge >= 0.3 is 0 Å². The summed E-state index contributed by atoms with van der Waals surface area (Å²) < 4.78 is 0. The van der Waals surface area contributed by atoms with E-state index in [-0.39, 0.29) is 11.0 Å². The number of hydrogen-bond donors (Lipinski definition) is 1. The van der Waals surface area contributed by atoms with Crippen LogP contribution in [0.5, 0.6) is 0 Å². The highest BCUT2D eigenvalue weighted by Gasteiger charge is 2.18. The third kappa shape index (κ3) is 3.15. The fourth-order valence-electron chi connectivity index (χ4n) is 2.69. The van der Waals surface area contributed by atoms with E-state index in [9.17, 15) is 0 Å². The van der Waals surface area contributed by atoms with Crippen molar-refractivity contribution in [2.24, 2.45) is 0 Å². The maximum atomic E-state index is 3.66. The zero-order valence-corrected chi connectivity index (χ0v) is 14.9. The fourth-order valence-corrected chi connectivity index (χ4v) is 3.01. The molecule has 0 aliphatic heterocycles. The predicted octanol–water partition coefficient (Wildman–Crippen LogP) is 3.30. The molecule has 0 saturated heterocycles. The number of fused-ring (bicyclic) bond motifs is 3. The van der Waals surface area contributed by atoms with Gasteiger partial charge < -0.3 is 4.98 Å². The molecule has 4 rings (SSSR count). The molecule has 0 bridgehead atoms. The SMILES string of the molecule is Cc1cc[nH]c1C.[Si].[Si]c1cccc2c1Cc1ccccc1-2. The lowest BCUT2D eigenvalue weighted by atomic mass is 10.1. The molecule has 1 heterocycles. The van der Waals surface area contributed by atoms with E-state index >= 15 is 0 Å². The van der Waals surface area contributed by atoms with Crippen LogP contribution in [-0.2, 0) is 6.42 Å². The molecule has 7 radical (unpaired) electrons. The minimum Gasteiger partial charge on any atom is -0.365 e. The van der Waals surface area contributed by atoms with Crippen molar-refractivity contribution < 1.29 is 0 Å². The molecule has 107 valence electrons. The van der Waals surface area contributed by atoms with Gasteiger partial charge in [0.05, 0.1) is 10.2 Å². The minimum absolute atomic E-state index is 0. The van der Waals surface area contributed by atoms with E-state index < -0.39 is 0 Å². The quantitative estimate of drug-likeness (QED) is 0.479. The van der Waals surface area contributed by atoms with Gasteiger partial charge in [-0.25, -0.2) is 0 Å². The first-order valence-corrected chi connectivity index (χ1v) is 7.69. The lowest BCUT2D eigenvalue weighted by Crippen LogP contribution is -2.08. The Morgan fingerprint density at radius 3 is 2.27 bits per heavy atom. The Bertz CT molecular complexity index is 758. The van der Waals surface area contributed by atoms with Gasteiger partial charge in [-0.15, -0.1) is 0 Å². The lowest BCUT2D eigenvalue weighted by Gasteiger charge is -2.02. The van der Waals surface area contributed by atoms with Crippen LogP contribution >= 0.6 is 0 Å². The summed E-state index contributed by atoms with van der Waals surface area (Å²) in [6.07, 6.45) is 3.01. The maximum Gasteiger partial charge on any atom is 0.0716 e. The first-order valence-electron chi connectivity index (χ1n) is 7.19. The van der Waals surface area contributed by atoms with Gasteiger partial charge in [0.15, 0.2) is 0 Å². The highest BCUT2D eigenvalue weighted by atomic mass is 28.1. The smallest absolute Gasteiger partial charge is 0.0716 e. The number of aryl methyl sites for hydroxylation is 2. The second kappa shape index (κ2) is 6.94. The summed E-state index contributed by atoms with van der Waals surface area (Å²) in [6.45, 7) is 4.15. The molecular weight excluding hydrogens is 298 g/mol. The average Bonchev–Trinajstić information content (AvgIpc) is 3.05. The minimum atomic E-state index is 0. The number of nitrogens with one attached hydrogen (secondary N) is 1. The second-order valence-electron chi connectivity index (χ2n) is 5.45. The molecule has 3 heteroatoms. The van der Waals surface area contributed by atoms with Crippen LogP contribution in [0.15, 0.2) is 54.7 Å². The topological polar surface area (TPSA) is 15.8 Å². The molecule has 1 nitrogen and oxygen atoms in total. The molecule has 0 amide bonds. The number of benzene rings is 2. The van der Waals surface area contributed by atoms with Crippen molar-refractivity contribution in [1.29, 1.82) is 0 Å². The van der Waals surface area contributed by atoms with Crippen LogP contribution in [0.4, 0.5) is 0 Å². The summed E-state index contributed by atoms with van der Waals surface area (Å²) in [7, 11) is 3.66. The van der Waals surface area contributed by atoms with Gasteiger partial charge in [0.2, 0.25) is 0 Å². The molecule has 0 saturated carbocycles. The molecule has 0 fully saturated rings. The summed E-state index contributed by atoms with van der Waals surface area (Å²) in [4.78, 5) is 3.07. The van der Waals surface area contributed by atoms with Crippen molar-refractivity contribution in [2.45, 2.75) is 20.3 Å². The number of aromatic amines is 1. The summed E-state index contributed by atoms with van der Waals surface area (Å²) in [5.41, 5.74) is 8.23. The van der Waals surface area contributed by atoms with Gasteiger partial charge in [-0.3, -0.25) is 0 Å². The number of H-pyrrole nitrogens is 1. The van der Waals surface area contributed by atoms with Crippen LogP contribution in [0, 0.1) is 13.8 Å². The molecule has 0 atom stereocenters. The molecule has 1 N–H and O–H groups in total. The Balaban J connectivity index is 0.000000189. The molecule has 2 aromatic carbocycles. The van der Waals surface area contributed by atoms with Gasteiger partial charge in [0, 0.05) is 22.9 Å². The first kappa shape index (κ1) is 16.5. The van der Waals surface area contributed by atoms with Crippen molar-refractivity contribution in [3.63, 3.8) is 0 Å². The second-order valence-corrected chi connectivity index (χ2v) is 5.99. The predicted molar refractivity (Wildman–Crippen MR) is 96.1 cm³/mol. The highest BCUT2D eigenvalue weighted by molar-refractivity contribution is 6.34. The van der Waals surface area contributed by atoms with Crippen molar-refractivity contribution >= 4 is 26.4 Å². The van der Waals surface area contributed by atoms with Crippen LogP contribution < -0.4 is 5.19 Å². The zero-order chi connectivity index (χ0) is 14.8. The van der Waals surface area contributed by atoms with Crippen LogP contribution in [0.3, 0.4) is 0 Å². The van der Waals surface area contributed by atoms with E-state index in [1.165, 1.54) is 38.7 Å².